The third kappa shape index (κ3) is 5.78. The highest BCUT2D eigenvalue weighted by molar-refractivity contribution is 6.35. The maximum absolute atomic E-state index is 12.1. The molecule has 2 amide bonds. The van der Waals surface area contributed by atoms with Gasteiger partial charge < -0.3 is 15.7 Å². The van der Waals surface area contributed by atoms with Gasteiger partial charge in [0.1, 0.15) is 5.60 Å². The van der Waals surface area contributed by atoms with Crippen LogP contribution >= 0.6 is 0 Å². The van der Waals surface area contributed by atoms with Gasteiger partial charge >= 0.3 is 11.8 Å². The lowest BCUT2D eigenvalue weighted by molar-refractivity contribution is -0.139. The predicted octanol–water partition coefficient (Wildman–Crippen LogP) is 3.04. The molecule has 1 atom stereocenters. The Morgan fingerprint density at radius 3 is 1.93 bits per heavy atom. The molecule has 3 rings (SSSR count). The van der Waals surface area contributed by atoms with Crippen molar-refractivity contribution < 1.29 is 14.7 Å². The largest absolute Gasteiger partial charge is 0.384 e. The van der Waals surface area contributed by atoms with Crippen LogP contribution in [0.2, 0.25) is 0 Å². The molecule has 0 radical (unpaired) electrons. The molecule has 5 nitrogen and oxygen atoms in total. The van der Waals surface area contributed by atoms with E-state index in [-0.39, 0.29) is 6.54 Å². The van der Waals surface area contributed by atoms with E-state index in [9.17, 15) is 14.7 Å². The van der Waals surface area contributed by atoms with Crippen molar-refractivity contribution in [2.24, 2.45) is 0 Å². The molecule has 0 spiro atoms. The first-order valence-electron chi connectivity index (χ1n) is 9.94. The van der Waals surface area contributed by atoms with Crippen LogP contribution in [0, 0.1) is 0 Å². The van der Waals surface area contributed by atoms with Crippen LogP contribution in [-0.4, -0.2) is 30.0 Å². The number of amides is 2. The number of benzene rings is 3. The SMILES string of the molecule is CC(O)(CNC(=O)C(=O)NCCc1ccccc1)c1ccc(-c2ccccc2)cc1. The van der Waals surface area contributed by atoms with Crippen molar-refractivity contribution in [1.29, 1.82) is 0 Å². The molecule has 154 valence electrons. The lowest BCUT2D eigenvalue weighted by atomic mass is 9.93. The molecule has 0 aliphatic rings. The number of carbonyl (C=O) groups excluding carboxylic acids is 2. The van der Waals surface area contributed by atoms with Crippen LogP contribution in [0.15, 0.2) is 84.9 Å². The van der Waals surface area contributed by atoms with Crippen molar-refractivity contribution in [3.63, 3.8) is 0 Å². The molecular formula is C25H26N2O3. The van der Waals surface area contributed by atoms with Crippen molar-refractivity contribution in [1.82, 2.24) is 10.6 Å². The molecule has 0 aromatic heterocycles. The zero-order valence-corrected chi connectivity index (χ0v) is 17.0. The molecule has 0 aliphatic carbocycles. The van der Waals surface area contributed by atoms with Crippen LogP contribution in [0.1, 0.15) is 18.1 Å². The van der Waals surface area contributed by atoms with Gasteiger partial charge in [0.05, 0.1) is 6.54 Å². The highest BCUT2D eigenvalue weighted by Gasteiger charge is 2.25. The van der Waals surface area contributed by atoms with Crippen molar-refractivity contribution in [2.45, 2.75) is 18.9 Å². The van der Waals surface area contributed by atoms with Crippen LogP contribution in [0.5, 0.6) is 0 Å². The van der Waals surface area contributed by atoms with Crippen LogP contribution in [0.3, 0.4) is 0 Å². The van der Waals surface area contributed by atoms with Crippen LogP contribution in [0.25, 0.3) is 11.1 Å². The first-order valence-corrected chi connectivity index (χ1v) is 9.94. The number of carbonyl (C=O) groups is 2. The summed E-state index contributed by atoms with van der Waals surface area (Å²) in [5, 5.41) is 15.9. The number of hydrogen-bond acceptors (Lipinski definition) is 3. The fourth-order valence-corrected chi connectivity index (χ4v) is 3.13. The number of hydrogen-bond donors (Lipinski definition) is 3. The Labute approximate surface area is 176 Å². The quantitative estimate of drug-likeness (QED) is 0.532. The maximum atomic E-state index is 12.1. The molecule has 3 aromatic carbocycles. The van der Waals surface area contributed by atoms with Crippen molar-refractivity contribution >= 4 is 11.8 Å². The van der Waals surface area contributed by atoms with E-state index in [0.717, 1.165) is 16.7 Å². The summed E-state index contributed by atoms with van der Waals surface area (Å²) in [7, 11) is 0. The number of rotatable bonds is 7. The maximum Gasteiger partial charge on any atom is 0.309 e. The minimum absolute atomic E-state index is 0.0668. The summed E-state index contributed by atoms with van der Waals surface area (Å²) in [4.78, 5) is 24.1. The highest BCUT2D eigenvalue weighted by Crippen LogP contribution is 2.24. The van der Waals surface area contributed by atoms with Gasteiger partial charge in [-0.05, 0) is 35.6 Å². The summed E-state index contributed by atoms with van der Waals surface area (Å²) < 4.78 is 0. The Morgan fingerprint density at radius 2 is 1.30 bits per heavy atom. The van der Waals surface area contributed by atoms with Gasteiger partial charge in [-0.3, -0.25) is 9.59 Å². The average Bonchev–Trinajstić information content (AvgIpc) is 2.79. The summed E-state index contributed by atoms with van der Waals surface area (Å²) in [6.07, 6.45) is 0.644. The van der Waals surface area contributed by atoms with Crippen molar-refractivity contribution in [3.05, 3.63) is 96.1 Å². The van der Waals surface area contributed by atoms with E-state index in [4.69, 9.17) is 0 Å². The molecule has 3 aromatic rings. The lowest BCUT2D eigenvalue weighted by Gasteiger charge is -2.24. The van der Waals surface area contributed by atoms with E-state index >= 15 is 0 Å². The predicted molar refractivity (Wildman–Crippen MR) is 118 cm³/mol. The van der Waals surface area contributed by atoms with Gasteiger partial charge in [0.25, 0.3) is 0 Å². The average molecular weight is 402 g/mol. The third-order valence-corrected chi connectivity index (χ3v) is 4.96. The topological polar surface area (TPSA) is 78.4 Å². The van der Waals surface area contributed by atoms with Gasteiger partial charge in [0.15, 0.2) is 0 Å². The van der Waals surface area contributed by atoms with Crippen LogP contribution in [-0.2, 0) is 21.6 Å². The normalized spacial score (nSPS) is 12.6. The summed E-state index contributed by atoms with van der Waals surface area (Å²) in [5.41, 5.74) is 2.57. The van der Waals surface area contributed by atoms with E-state index < -0.39 is 17.4 Å². The summed E-state index contributed by atoms with van der Waals surface area (Å²) in [6, 6.07) is 27.2. The first kappa shape index (κ1) is 21.3. The summed E-state index contributed by atoms with van der Waals surface area (Å²) in [5.74, 6) is -1.47. The van der Waals surface area contributed by atoms with E-state index in [1.165, 1.54) is 0 Å². The molecule has 0 saturated heterocycles. The minimum atomic E-state index is -1.30. The molecule has 0 fully saturated rings. The molecule has 3 N–H and O–H groups in total. The summed E-state index contributed by atoms with van der Waals surface area (Å²) in [6.45, 7) is 1.91. The highest BCUT2D eigenvalue weighted by atomic mass is 16.3. The van der Waals surface area contributed by atoms with Crippen molar-refractivity contribution in [2.75, 3.05) is 13.1 Å². The lowest BCUT2D eigenvalue weighted by Crippen LogP contribution is -2.45. The Kier molecular flexibility index (Phi) is 6.99. The Morgan fingerprint density at radius 1 is 0.767 bits per heavy atom. The molecule has 30 heavy (non-hydrogen) atoms. The second-order valence-electron chi connectivity index (χ2n) is 7.39. The van der Waals surface area contributed by atoms with Gasteiger partial charge in [-0.2, -0.15) is 0 Å². The molecule has 5 heteroatoms. The molecular weight excluding hydrogens is 376 g/mol. The Bertz CT molecular complexity index is 968. The minimum Gasteiger partial charge on any atom is -0.384 e. The Balaban J connectivity index is 1.49. The third-order valence-electron chi connectivity index (χ3n) is 4.96. The van der Waals surface area contributed by atoms with Gasteiger partial charge in [-0.1, -0.05) is 84.9 Å². The number of nitrogens with one attached hydrogen (secondary N) is 2. The second-order valence-corrected chi connectivity index (χ2v) is 7.39. The monoisotopic (exact) mass is 402 g/mol. The molecule has 0 bridgehead atoms. The fraction of sp³-hybridized carbons (Fsp3) is 0.200. The fourth-order valence-electron chi connectivity index (χ4n) is 3.13. The van der Waals surface area contributed by atoms with Crippen LogP contribution < -0.4 is 10.6 Å². The van der Waals surface area contributed by atoms with E-state index in [2.05, 4.69) is 10.6 Å². The van der Waals surface area contributed by atoms with E-state index in [0.29, 0.717) is 18.5 Å². The Hall–Kier alpha value is -3.44. The van der Waals surface area contributed by atoms with Gasteiger partial charge in [-0.25, -0.2) is 0 Å². The second kappa shape index (κ2) is 9.85. The first-order chi connectivity index (χ1) is 14.5. The van der Waals surface area contributed by atoms with Gasteiger partial charge in [0, 0.05) is 6.54 Å². The standard InChI is InChI=1S/C25H26N2O3/c1-25(30,22-14-12-21(13-15-22)20-10-6-3-7-11-20)18-27-24(29)23(28)26-17-16-19-8-4-2-5-9-19/h2-15,30H,16-18H2,1H3,(H,26,28)(H,27,29). The zero-order valence-electron chi connectivity index (χ0n) is 17.0. The van der Waals surface area contributed by atoms with Gasteiger partial charge in [0.2, 0.25) is 0 Å². The molecule has 0 heterocycles. The van der Waals surface area contributed by atoms with E-state index in [1.807, 2.05) is 84.9 Å². The van der Waals surface area contributed by atoms with Crippen molar-refractivity contribution in [3.8, 4) is 11.1 Å². The molecule has 1 unspecified atom stereocenters. The van der Waals surface area contributed by atoms with Crippen LogP contribution in [0.4, 0.5) is 0 Å². The van der Waals surface area contributed by atoms with Gasteiger partial charge in [-0.15, -0.1) is 0 Å². The molecule has 0 aliphatic heterocycles. The van der Waals surface area contributed by atoms with E-state index in [1.54, 1.807) is 6.92 Å². The number of aliphatic hydroxyl groups is 1. The molecule has 0 saturated carbocycles. The zero-order chi connectivity index (χ0) is 21.4. The smallest absolute Gasteiger partial charge is 0.309 e. The summed E-state index contributed by atoms with van der Waals surface area (Å²) >= 11 is 0.